The highest BCUT2D eigenvalue weighted by Crippen LogP contribution is 2.39. The van der Waals surface area contributed by atoms with E-state index in [1.54, 1.807) is 0 Å². The highest BCUT2D eigenvalue weighted by atomic mass is 16.3. The van der Waals surface area contributed by atoms with Crippen LogP contribution in [-0.2, 0) is 6.42 Å². The summed E-state index contributed by atoms with van der Waals surface area (Å²) in [5.41, 5.74) is 8.70. The molecule has 0 saturated carbocycles. The molecule has 3 aromatic carbocycles. The second-order valence-electron chi connectivity index (χ2n) is 8.67. The van der Waals surface area contributed by atoms with Crippen LogP contribution >= 0.6 is 0 Å². The minimum absolute atomic E-state index is 0.316. The Morgan fingerprint density at radius 2 is 1.81 bits per heavy atom. The lowest BCUT2D eigenvalue weighted by molar-refractivity contribution is 0.410. The van der Waals surface area contributed by atoms with Crippen LogP contribution in [0.3, 0.4) is 0 Å². The Hall–Kier alpha value is -3.30. The number of hydrogen-bond donors (Lipinski definition) is 2. The fourth-order valence-electron chi connectivity index (χ4n) is 5.14. The SMILES string of the molecule is C[C@@H](NC1CCCc2c1[nH]c1ccc(-c3coc4ccccc34)cc21)c1ccccc1. The van der Waals surface area contributed by atoms with Gasteiger partial charge in [0.15, 0.2) is 0 Å². The number of furan rings is 1. The first-order valence-corrected chi connectivity index (χ1v) is 11.2. The molecular formula is C28H26N2O. The van der Waals surface area contributed by atoms with Crippen LogP contribution in [0.1, 0.15) is 48.7 Å². The summed E-state index contributed by atoms with van der Waals surface area (Å²) in [6.07, 6.45) is 5.38. The average molecular weight is 407 g/mol. The van der Waals surface area contributed by atoms with Crippen molar-refractivity contribution in [2.75, 3.05) is 0 Å². The van der Waals surface area contributed by atoms with Gasteiger partial charge in [0.2, 0.25) is 0 Å². The van der Waals surface area contributed by atoms with E-state index in [4.69, 9.17) is 4.42 Å². The highest BCUT2D eigenvalue weighted by molar-refractivity contribution is 5.97. The Morgan fingerprint density at radius 1 is 0.968 bits per heavy atom. The molecule has 3 heteroatoms. The summed E-state index contributed by atoms with van der Waals surface area (Å²) in [7, 11) is 0. The number of nitrogens with one attached hydrogen (secondary N) is 2. The van der Waals surface area contributed by atoms with E-state index in [1.807, 2.05) is 18.4 Å². The van der Waals surface area contributed by atoms with Crippen LogP contribution in [0.4, 0.5) is 0 Å². The summed E-state index contributed by atoms with van der Waals surface area (Å²) in [5.74, 6) is 0. The molecule has 0 aliphatic heterocycles. The van der Waals surface area contributed by atoms with E-state index in [-0.39, 0.29) is 0 Å². The average Bonchev–Trinajstić information content (AvgIpc) is 3.41. The topological polar surface area (TPSA) is 41.0 Å². The van der Waals surface area contributed by atoms with Gasteiger partial charge >= 0.3 is 0 Å². The zero-order chi connectivity index (χ0) is 20.8. The zero-order valence-corrected chi connectivity index (χ0v) is 17.7. The van der Waals surface area contributed by atoms with Gasteiger partial charge in [-0.05, 0) is 61.1 Å². The summed E-state index contributed by atoms with van der Waals surface area (Å²) in [4.78, 5) is 3.75. The minimum atomic E-state index is 0.316. The van der Waals surface area contributed by atoms with E-state index in [1.165, 1.54) is 45.1 Å². The van der Waals surface area contributed by atoms with Crippen LogP contribution in [0, 0.1) is 0 Å². The van der Waals surface area contributed by atoms with E-state index in [9.17, 15) is 0 Å². The molecule has 5 aromatic rings. The fraction of sp³-hybridized carbons (Fsp3) is 0.214. The molecule has 0 radical (unpaired) electrons. The standard InChI is InChI=1S/C28H26N2O/c1-18(19-8-3-2-4-9-19)29-26-12-7-11-22-23-16-20(14-15-25(23)30-28(22)26)24-17-31-27-13-6-5-10-21(24)27/h2-6,8-10,13-18,26,29-30H,7,11-12H2,1H3/t18-,26?/m1/s1. The maximum absolute atomic E-state index is 5.79. The molecule has 1 unspecified atom stereocenters. The van der Waals surface area contributed by atoms with Gasteiger partial charge in [-0.2, -0.15) is 0 Å². The Bertz CT molecular complexity index is 1360. The van der Waals surface area contributed by atoms with Gasteiger partial charge in [0.1, 0.15) is 5.58 Å². The summed E-state index contributed by atoms with van der Waals surface area (Å²) in [5, 5.41) is 6.39. The predicted octanol–water partition coefficient (Wildman–Crippen LogP) is 7.31. The van der Waals surface area contributed by atoms with Crippen LogP contribution in [0.15, 0.2) is 83.5 Å². The molecule has 2 aromatic heterocycles. The molecule has 0 bridgehead atoms. The highest BCUT2D eigenvalue weighted by Gasteiger charge is 2.26. The monoisotopic (exact) mass is 406 g/mol. The number of H-pyrrole nitrogens is 1. The second kappa shape index (κ2) is 7.44. The number of aryl methyl sites for hydroxylation is 1. The Kier molecular flexibility index (Phi) is 4.43. The van der Waals surface area contributed by atoms with E-state index in [0.29, 0.717) is 12.1 Å². The first kappa shape index (κ1) is 18.5. The fourth-order valence-corrected chi connectivity index (χ4v) is 5.14. The number of benzene rings is 3. The Labute approximate surface area is 182 Å². The molecule has 0 saturated heterocycles. The van der Waals surface area contributed by atoms with Gasteiger partial charge in [0.05, 0.1) is 6.26 Å². The van der Waals surface area contributed by atoms with Crippen LogP contribution in [0.2, 0.25) is 0 Å². The lowest BCUT2D eigenvalue weighted by Gasteiger charge is -2.27. The van der Waals surface area contributed by atoms with Crippen LogP contribution in [0.25, 0.3) is 33.0 Å². The molecule has 1 aliphatic rings. The molecule has 1 aliphatic carbocycles. The van der Waals surface area contributed by atoms with Gasteiger partial charge in [-0.15, -0.1) is 0 Å². The van der Waals surface area contributed by atoms with Gasteiger partial charge in [-0.3, -0.25) is 0 Å². The zero-order valence-electron chi connectivity index (χ0n) is 17.7. The molecule has 154 valence electrons. The van der Waals surface area contributed by atoms with Crippen molar-refractivity contribution in [3.05, 3.63) is 95.9 Å². The molecule has 2 atom stereocenters. The summed E-state index contributed by atoms with van der Waals surface area (Å²) in [6, 6.07) is 26.4. The number of aromatic amines is 1. The molecule has 0 fully saturated rings. The molecule has 3 nitrogen and oxygen atoms in total. The molecular weight excluding hydrogens is 380 g/mol. The van der Waals surface area contributed by atoms with Gasteiger partial charge in [0, 0.05) is 39.6 Å². The smallest absolute Gasteiger partial charge is 0.134 e. The lowest BCUT2D eigenvalue weighted by atomic mass is 9.90. The van der Waals surface area contributed by atoms with Crippen molar-refractivity contribution in [2.45, 2.75) is 38.3 Å². The summed E-state index contributed by atoms with van der Waals surface area (Å²) >= 11 is 0. The largest absolute Gasteiger partial charge is 0.464 e. The van der Waals surface area contributed by atoms with Crippen LogP contribution in [0.5, 0.6) is 0 Å². The van der Waals surface area contributed by atoms with Crippen molar-refractivity contribution in [1.29, 1.82) is 0 Å². The predicted molar refractivity (Wildman–Crippen MR) is 127 cm³/mol. The van der Waals surface area contributed by atoms with Crippen LogP contribution < -0.4 is 5.32 Å². The van der Waals surface area contributed by atoms with Crippen LogP contribution in [-0.4, -0.2) is 4.98 Å². The number of para-hydroxylation sites is 1. The third kappa shape index (κ3) is 3.17. The molecule has 31 heavy (non-hydrogen) atoms. The van der Waals surface area contributed by atoms with E-state index >= 15 is 0 Å². The molecule has 2 heterocycles. The maximum Gasteiger partial charge on any atom is 0.134 e. The number of rotatable bonds is 4. The third-order valence-corrected chi connectivity index (χ3v) is 6.75. The first-order valence-electron chi connectivity index (χ1n) is 11.2. The van der Waals surface area contributed by atoms with Crippen molar-refractivity contribution in [2.24, 2.45) is 0 Å². The van der Waals surface area contributed by atoms with Gasteiger partial charge in [0.25, 0.3) is 0 Å². The van der Waals surface area contributed by atoms with Crippen molar-refractivity contribution >= 4 is 21.9 Å². The molecule has 2 N–H and O–H groups in total. The number of fused-ring (bicyclic) bond motifs is 4. The molecule has 6 rings (SSSR count). The first-order chi connectivity index (χ1) is 15.3. The quantitative estimate of drug-likeness (QED) is 0.328. The van der Waals surface area contributed by atoms with Gasteiger partial charge in [-0.1, -0.05) is 54.6 Å². The van der Waals surface area contributed by atoms with E-state index in [2.05, 4.69) is 77.9 Å². The minimum Gasteiger partial charge on any atom is -0.464 e. The van der Waals surface area contributed by atoms with Crippen molar-refractivity contribution in [1.82, 2.24) is 10.3 Å². The van der Waals surface area contributed by atoms with Crippen molar-refractivity contribution in [3.8, 4) is 11.1 Å². The third-order valence-electron chi connectivity index (χ3n) is 6.75. The Balaban J connectivity index is 1.38. The number of hydrogen-bond acceptors (Lipinski definition) is 2. The molecule has 0 spiro atoms. The summed E-state index contributed by atoms with van der Waals surface area (Å²) < 4.78 is 5.79. The summed E-state index contributed by atoms with van der Waals surface area (Å²) in [6.45, 7) is 2.26. The van der Waals surface area contributed by atoms with Crippen molar-refractivity contribution in [3.63, 3.8) is 0 Å². The van der Waals surface area contributed by atoms with E-state index in [0.717, 1.165) is 24.0 Å². The van der Waals surface area contributed by atoms with E-state index < -0.39 is 0 Å². The van der Waals surface area contributed by atoms with Crippen molar-refractivity contribution < 1.29 is 4.42 Å². The second-order valence-corrected chi connectivity index (χ2v) is 8.67. The maximum atomic E-state index is 5.79. The normalized spacial score (nSPS) is 17.1. The number of aromatic nitrogens is 1. The van der Waals surface area contributed by atoms with Gasteiger partial charge in [-0.25, -0.2) is 0 Å². The lowest BCUT2D eigenvalue weighted by Crippen LogP contribution is -2.27. The molecule has 0 amide bonds. The Morgan fingerprint density at radius 3 is 2.71 bits per heavy atom. The van der Waals surface area contributed by atoms with Gasteiger partial charge < -0.3 is 14.7 Å².